The molecular formula is C22H21FN2O3. The number of aromatic carboxylic acids is 1. The zero-order valence-corrected chi connectivity index (χ0v) is 15.6. The predicted molar refractivity (Wildman–Crippen MR) is 104 cm³/mol. The highest BCUT2D eigenvalue weighted by Crippen LogP contribution is 2.29. The molecule has 1 saturated heterocycles. The number of aromatic nitrogens is 1. The van der Waals surface area contributed by atoms with Gasteiger partial charge in [0.25, 0.3) is 5.91 Å². The summed E-state index contributed by atoms with van der Waals surface area (Å²) in [5, 5.41) is 9.92. The van der Waals surface area contributed by atoms with Gasteiger partial charge in [-0.15, -0.1) is 0 Å². The molecule has 1 N–H and O–H groups in total. The van der Waals surface area contributed by atoms with Gasteiger partial charge in [-0.05, 0) is 54.8 Å². The maximum absolute atomic E-state index is 13.5. The van der Waals surface area contributed by atoms with Crippen LogP contribution in [0, 0.1) is 5.82 Å². The van der Waals surface area contributed by atoms with E-state index < -0.39 is 5.97 Å². The second-order valence-corrected chi connectivity index (χ2v) is 7.31. The van der Waals surface area contributed by atoms with Crippen molar-refractivity contribution in [3.63, 3.8) is 0 Å². The molecule has 3 aromatic rings. The van der Waals surface area contributed by atoms with E-state index in [1.54, 1.807) is 34.9 Å². The lowest BCUT2D eigenvalue weighted by Gasteiger charge is -2.33. The van der Waals surface area contributed by atoms with Crippen molar-refractivity contribution in [2.24, 2.45) is 7.05 Å². The average Bonchev–Trinajstić information content (AvgIpc) is 3.03. The fraction of sp³-hybridized carbons (Fsp3) is 0.273. The molecule has 1 aromatic heterocycles. The summed E-state index contributed by atoms with van der Waals surface area (Å²) in [6.45, 7) is 1.20. The molecule has 0 radical (unpaired) electrons. The lowest BCUT2D eigenvalue weighted by atomic mass is 9.89. The molecule has 4 rings (SSSR count). The minimum absolute atomic E-state index is 0.0850. The number of nitrogens with zero attached hydrogens (tertiary/aromatic N) is 2. The van der Waals surface area contributed by atoms with Gasteiger partial charge in [0.05, 0.1) is 5.56 Å². The molecule has 144 valence electrons. The van der Waals surface area contributed by atoms with Crippen LogP contribution in [-0.4, -0.2) is 39.5 Å². The van der Waals surface area contributed by atoms with Crippen molar-refractivity contribution >= 4 is 22.8 Å². The van der Waals surface area contributed by atoms with Gasteiger partial charge in [-0.25, -0.2) is 9.18 Å². The third-order valence-corrected chi connectivity index (χ3v) is 5.54. The lowest BCUT2D eigenvalue weighted by Crippen LogP contribution is -2.39. The number of aryl methyl sites for hydroxylation is 1. The number of hydrogen-bond acceptors (Lipinski definition) is 2. The number of carbonyl (C=O) groups is 2. The Balaban J connectivity index is 1.60. The SMILES string of the molecule is Cn1c(C(=O)N2CCCC(c3cccc(C(=O)O)c3)C2)cc2cc(F)ccc21. The Morgan fingerprint density at radius 1 is 1.14 bits per heavy atom. The van der Waals surface area contributed by atoms with Crippen LogP contribution >= 0.6 is 0 Å². The van der Waals surface area contributed by atoms with Gasteiger partial charge in [-0.2, -0.15) is 0 Å². The number of likely N-dealkylation sites (tertiary alicyclic amines) is 1. The molecule has 0 aliphatic carbocycles. The van der Waals surface area contributed by atoms with E-state index in [9.17, 15) is 19.1 Å². The molecule has 5 nitrogen and oxygen atoms in total. The second-order valence-electron chi connectivity index (χ2n) is 7.31. The Labute approximate surface area is 162 Å². The van der Waals surface area contributed by atoms with Gasteiger partial charge < -0.3 is 14.6 Å². The Kier molecular flexibility index (Phi) is 4.63. The normalized spacial score (nSPS) is 17.1. The lowest BCUT2D eigenvalue weighted by molar-refractivity contribution is 0.0684. The van der Waals surface area contributed by atoms with E-state index in [-0.39, 0.29) is 23.2 Å². The van der Waals surface area contributed by atoms with Crippen LogP contribution in [-0.2, 0) is 7.05 Å². The smallest absolute Gasteiger partial charge is 0.335 e. The molecule has 0 spiro atoms. The summed E-state index contributed by atoms with van der Waals surface area (Å²) in [5.41, 5.74) is 2.54. The fourth-order valence-electron chi connectivity index (χ4n) is 4.05. The van der Waals surface area contributed by atoms with Crippen LogP contribution in [0.25, 0.3) is 10.9 Å². The third kappa shape index (κ3) is 3.26. The molecule has 28 heavy (non-hydrogen) atoms. The molecule has 0 saturated carbocycles. The Morgan fingerprint density at radius 3 is 2.75 bits per heavy atom. The molecule has 0 bridgehead atoms. The van der Waals surface area contributed by atoms with E-state index in [0.29, 0.717) is 24.2 Å². The van der Waals surface area contributed by atoms with Crippen LogP contribution < -0.4 is 0 Å². The zero-order chi connectivity index (χ0) is 19.8. The van der Waals surface area contributed by atoms with Gasteiger partial charge in [0.15, 0.2) is 0 Å². The van der Waals surface area contributed by atoms with Crippen molar-refractivity contribution in [3.05, 3.63) is 71.2 Å². The first kappa shape index (κ1) is 18.2. The predicted octanol–water partition coefficient (Wildman–Crippen LogP) is 4.04. The topological polar surface area (TPSA) is 62.5 Å². The maximum Gasteiger partial charge on any atom is 0.335 e. The highest BCUT2D eigenvalue weighted by molar-refractivity contribution is 5.98. The van der Waals surface area contributed by atoms with E-state index >= 15 is 0 Å². The Morgan fingerprint density at radius 2 is 1.96 bits per heavy atom. The summed E-state index contributed by atoms with van der Waals surface area (Å²) in [5.74, 6) is -1.26. The van der Waals surface area contributed by atoms with Crippen molar-refractivity contribution in [3.8, 4) is 0 Å². The van der Waals surface area contributed by atoms with E-state index in [4.69, 9.17) is 0 Å². The fourth-order valence-corrected chi connectivity index (χ4v) is 4.05. The van der Waals surface area contributed by atoms with Crippen LogP contribution in [0.15, 0.2) is 48.5 Å². The van der Waals surface area contributed by atoms with Crippen LogP contribution in [0.4, 0.5) is 4.39 Å². The Bertz CT molecular complexity index is 1070. The van der Waals surface area contributed by atoms with Crippen molar-refractivity contribution in [2.75, 3.05) is 13.1 Å². The van der Waals surface area contributed by atoms with Crippen molar-refractivity contribution in [2.45, 2.75) is 18.8 Å². The quantitative estimate of drug-likeness (QED) is 0.746. The number of amides is 1. The molecule has 1 aliphatic rings. The summed E-state index contributed by atoms with van der Waals surface area (Å²) in [6.07, 6.45) is 1.76. The van der Waals surface area contributed by atoms with Gasteiger partial charge in [0.1, 0.15) is 11.5 Å². The molecule has 1 unspecified atom stereocenters. The van der Waals surface area contributed by atoms with E-state index in [1.165, 1.54) is 12.1 Å². The van der Waals surface area contributed by atoms with Gasteiger partial charge in [0.2, 0.25) is 0 Å². The van der Waals surface area contributed by atoms with Crippen molar-refractivity contribution in [1.82, 2.24) is 9.47 Å². The van der Waals surface area contributed by atoms with Crippen LogP contribution in [0.3, 0.4) is 0 Å². The minimum Gasteiger partial charge on any atom is -0.478 e. The maximum atomic E-state index is 13.5. The summed E-state index contributed by atoms with van der Waals surface area (Å²) in [4.78, 5) is 26.2. The molecule has 6 heteroatoms. The molecule has 2 aromatic carbocycles. The summed E-state index contributed by atoms with van der Waals surface area (Å²) in [6, 6.07) is 13.2. The minimum atomic E-state index is -0.951. The molecule has 2 heterocycles. The number of piperidine rings is 1. The van der Waals surface area contributed by atoms with E-state index in [0.717, 1.165) is 23.9 Å². The molecule has 1 fully saturated rings. The number of carbonyl (C=O) groups excluding carboxylic acids is 1. The van der Waals surface area contributed by atoms with Crippen LogP contribution in [0.1, 0.15) is 45.2 Å². The first-order valence-corrected chi connectivity index (χ1v) is 9.31. The van der Waals surface area contributed by atoms with Crippen LogP contribution in [0.2, 0.25) is 0 Å². The third-order valence-electron chi connectivity index (χ3n) is 5.54. The van der Waals surface area contributed by atoms with Crippen LogP contribution in [0.5, 0.6) is 0 Å². The van der Waals surface area contributed by atoms with Gasteiger partial charge in [-0.1, -0.05) is 12.1 Å². The van der Waals surface area contributed by atoms with E-state index in [1.807, 2.05) is 18.0 Å². The van der Waals surface area contributed by atoms with Crippen molar-refractivity contribution in [1.29, 1.82) is 0 Å². The first-order chi connectivity index (χ1) is 13.4. The Hall–Kier alpha value is -3.15. The summed E-state index contributed by atoms with van der Waals surface area (Å²) >= 11 is 0. The average molecular weight is 380 g/mol. The summed E-state index contributed by atoms with van der Waals surface area (Å²) in [7, 11) is 1.81. The largest absolute Gasteiger partial charge is 0.478 e. The van der Waals surface area contributed by atoms with Crippen molar-refractivity contribution < 1.29 is 19.1 Å². The molecule has 1 aliphatic heterocycles. The molecule has 1 atom stereocenters. The number of rotatable bonds is 3. The van der Waals surface area contributed by atoms with Gasteiger partial charge in [0, 0.05) is 37.0 Å². The highest BCUT2D eigenvalue weighted by atomic mass is 19.1. The highest BCUT2D eigenvalue weighted by Gasteiger charge is 2.27. The first-order valence-electron chi connectivity index (χ1n) is 9.31. The number of carboxylic acid groups (broad SMARTS) is 1. The molecular weight excluding hydrogens is 359 g/mol. The van der Waals surface area contributed by atoms with Gasteiger partial charge in [-0.3, -0.25) is 4.79 Å². The number of carboxylic acids is 1. The standard InChI is InChI=1S/C22H21FN2O3/c1-24-19-8-7-18(23)11-17(19)12-20(24)21(26)25-9-3-6-16(13-25)14-4-2-5-15(10-14)22(27)28/h2,4-5,7-8,10-12,16H,3,6,9,13H2,1H3,(H,27,28). The van der Waals surface area contributed by atoms with Gasteiger partial charge >= 0.3 is 5.97 Å². The van der Waals surface area contributed by atoms with E-state index in [2.05, 4.69) is 0 Å². The zero-order valence-electron chi connectivity index (χ0n) is 15.6. The summed E-state index contributed by atoms with van der Waals surface area (Å²) < 4.78 is 15.3. The number of benzene rings is 2. The second kappa shape index (κ2) is 7.11. The number of halogens is 1. The number of hydrogen-bond donors (Lipinski definition) is 1. The monoisotopic (exact) mass is 380 g/mol. The molecule has 1 amide bonds. The number of fused-ring (bicyclic) bond motifs is 1.